The quantitative estimate of drug-likeness (QED) is 0.661. The van der Waals surface area contributed by atoms with Crippen LogP contribution in [-0.2, 0) is 4.74 Å². The van der Waals surface area contributed by atoms with Gasteiger partial charge in [-0.25, -0.2) is 4.98 Å². The van der Waals surface area contributed by atoms with Gasteiger partial charge in [-0.05, 0) is 19.1 Å². The molecule has 4 nitrogen and oxygen atoms in total. The fourth-order valence-corrected chi connectivity index (χ4v) is 1.06. The van der Waals surface area contributed by atoms with E-state index in [2.05, 4.69) is 10.3 Å². The molecule has 0 bridgehead atoms. The lowest BCUT2D eigenvalue weighted by molar-refractivity contribution is 0.0992. The van der Waals surface area contributed by atoms with Crippen LogP contribution >= 0.6 is 0 Å². The summed E-state index contributed by atoms with van der Waals surface area (Å²) < 4.78 is 5.09. The molecule has 1 aromatic rings. The van der Waals surface area contributed by atoms with Gasteiger partial charge < -0.3 is 15.2 Å². The highest BCUT2D eigenvalue weighted by Crippen LogP contribution is 2.02. The van der Waals surface area contributed by atoms with Crippen molar-refractivity contribution in [2.45, 2.75) is 6.92 Å². The highest BCUT2D eigenvalue weighted by molar-refractivity contribution is 5.34. The summed E-state index contributed by atoms with van der Waals surface area (Å²) in [5.41, 5.74) is 0.992. The molecule has 0 unspecified atom stereocenters. The molecule has 4 heteroatoms. The van der Waals surface area contributed by atoms with Crippen molar-refractivity contribution in [3.05, 3.63) is 23.9 Å². The number of ether oxygens (including phenoxy) is 1. The number of hydrogen-bond donors (Lipinski definition) is 2. The first-order valence-electron chi connectivity index (χ1n) is 4.69. The molecule has 0 fully saturated rings. The van der Waals surface area contributed by atoms with Crippen LogP contribution < -0.4 is 5.32 Å². The second-order valence-electron chi connectivity index (χ2n) is 2.93. The molecule has 0 aliphatic rings. The monoisotopic (exact) mass is 196 g/mol. The molecule has 0 amide bonds. The van der Waals surface area contributed by atoms with E-state index in [1.165, 1.54) is 0 Å². The Morgan fingerprint density at radius 2 is 2.29 bits per heavy atom. The van der Waals surface area contributed by atoms with Crippen LogP contribution in [0.1, 0.15) is 5.69 Å². The number of rotatable bonds is 6. The predicted octanol–water partition coefficient (Wildman–Crippen LogP) is 0.811. The van der Waals surface area contributed by atoms with E-state index in [1.54, 1.807) is 0 Å². The zero-order valence-corrected chi connectivity index (χ0v) is 8.36. The molecule has 1 aromatic heterocycles. The van der Waals surface area contributed by atoms with Crippen LogP contribution in [0.3, 0.4) is 0 Å². The van der Waals surface area contributed by atoms with Gasteiger partial charge in [-0.3, -0.25) is 0 Å². The lowest BCUT2D eigenvalue weighted by atomic mass is 10.4. The first-order chi connectivity index (χ1) is 6.83. The van der Waals surface area contributed by atoms with Crippen molar-refractivity contribution in [2.75, 3.05) is 31.7 Å². The Bertz CT molecular complexity index is 266. The number of pyridine rings is 1. The lowest BCUT2D eigenvalue weighted by Gasteiger charge is -2.06. The molecular weight excluding hydrogens is 180 g/mol. The number of hydrogen-bond acceptors (Lipinski definition) is 4. The number of nitrogens with zero attached hydrogens (tertiary/aromatic N) is 1. The van der Waals surface area contributed by atoms with E-state index in [1.807, 2.05) is 25.1 Å². The van der Waals surface area contributed by atoms with Crippen LogP contribution in [0, 0.1) is 6.92 Å². The molecule has 2 N–H and O–H groups in total. The zero-order chi connectivity index (χ0) is 10.2. The topological polar surface area (TPSA) is 54.4 Å². The SMILES string of the molecule is Cc1cccc(NCCOCCO)n1. The van der Waals surface area contributed by atoms with E-state index in [-0.39, 0.29) is 6.61 Å². The molecule has 0 aliphatic heterocycles. The Morgan fingerprint density at radius 3 is 3.00 bits per heavy atom. The summed E-state index contributed by atoms with van der Waals surface area (Å²) in [6.07, 6.45) is 0. The maximum absolute atomic E-state index is 8.46. The molecular formula is C10H16N2O2. The third-order valence-corrected chi connectivity index (χ3v) is 1.68. The molecule has 0 radical (unpaired) electrons. The summed E-state index contributed by atoms with van der Waals surface area (Å²) in [4.78, 5) is 4.27. The second-order valence-corrected chi connectivity index (χ2v) is 2.93. The van der Waals surface area contributed by atoms with E-state index in [0.717, 1.165) is 11.5 Å². The van der Waals surface area contributed by atoms with Crippen molar-refractivity contribution in [1.29, 1.82) is 0 Å². The van der Waals surface area contributed by atoms with Gasteiger partial charge in [0, 0.05) is 12.2 Å². The smallest absolute Gasteiger partial charge is 0.126 e. The minimum absolute atomic E-state index is 0.0721. The van der Waals surface area contributed by atoms with E-state index in [9.17, 15) is 0 Å². The van der Waals surface area contributed by atoms with Gasteiger partial charge in [0.15, 0.2) is 0 Å². The molecule has 0 saturated carbocycles. The lowest BCUT2D eigenvalue weighted by Crippen LogP contribution is -2.12. The average Bonchev–Trinajstić information content (AvgIpc) is 2.18. The summed E-state index contributed by atoms with van der Waals surface area (Å²) >= 11 is 0. The van der Waals surface area contributed by atoms with Crippen molar-refractivity contribution >= 4 is 5.82 Å². The Balaban J connectivity index is 2.18. The molecule has 0 aromatic carbocycles. The maximum Gasteiger partial charge on any atom is 0.126 e. The third-order valence-electron chi connectivity index (χ3n) is 1.68. The fraction of sp³-hybridized carbons (Fsp3) is 0.500. The van der Waals surface area contributed by atoms with Gasteiger partial charge in [0.2, 0.25) is 0 Å². The molecule has 0 saturated heterocycles. The highest BCUT2D eigenvalue weighted by Gasteiger charge is 1.92. The van der Waals surface area contributed by atoms with Gasteiger partial charge in [-0.15, -0.1) is 0 Å². The van der Waals surface area contributed by atoms with Crippen molar-refractivity contribution in [3.63, 3.8) is 0 Å². The van der Waals surface area contributed by atoms with Gasteiger partial charge in [0.05, 0.1) is 19.8 Å². The fourth-order valence-electron chi connectivity index (χ4n) is 1.06. The van der Waals surface area contributed by atoms with E-state index < -0.39 is 0 Å². The molecule has 0 aliphatic carbocycles. The summed E-state index contributed by atoms with van der Waals surface area (Å²) in [6, 6.07) is 5.83. The average molecular weight is 196 g/mol. The number of aryl methyl sites for hydroxylation is 1. The summed E-state index contributed by atoms with van der Waals surface area (Å²) in [6.45, 7) is 3.70. The number of nitrogens with one attached hydrogen (secondary N) is 1. The summed E-state index contributed by atoms with van der Waals surface area (Å²) in [5.74, 6) is 0.859. The van der Waals surface area contributed by atoms with Crippen LogP contribution in [0.2, 0.25) is 0 Å². The van der Waals surface area contributed by atoms with Crippen molar-refractivity contribution < 1.29 is 9.84 Å². The largest absolute Gasteiger partial charge is 0.394 e. The molecule has 78 valence electrons. The van der Waals surface area contributed by atoms with Crippen LogP contribution in [0.15, 0.2) is 18.2 Å². The van der Waals surface area contributed by atoms with Gasteiger partial charge >= 0.3 is 0 Å². The highest BCUT2D eigenvalue weighted by atomic mass is 16.5. The van der Waals surface area contributed by atoms with Crippen molar-refractivity contribution in [2.24, 2.45) is 0 Å². The van der Waals surface area contributed by atoms with Crippen molar-refractivity contribution in [3.8, 4) is 0 Å². The summed E-state index contributed by atoms with van der Waals surface area (Å²) in [5, 5.41) is 11.6. The van der Waals surface area contributed by atoms with Gasteiger partial charge in [-0.2, -0.15) is 0 Å². The Hall–Kier alpha value is -1.13. The molecule has 1 rings (SSSR count). The number of anilines is 1. The minimum Gasteiger partial charge on any atom is -0.394 e. The van der Waals surface area contributed by atoms with Crippen molar-refractivity contribution in [1.82, 2.24) is 4.98 Å². The minimum atomic E-state index is 0.0721. The van der Waals surface area contributed by atoms with Gasteiger partial charge in [-0.1, -0.05) is 6.07 Å². The second kappa shape index (κ2) is 6.34. The predicted molar refractivity (Wildman–Crippen MR) is 55.4 cm³/mol. The molecule has 1 heterocycles. The number of aliphatic hydroxyl groups is 1. The van der Waals surface area contributed by atoms with Crippen LogP contribution in [0.4, 0.5) is 5.82 Å². The van der Waals surface area contributed by atoms with Gasteiger partial charge in [0.1, 0.15) is 5.82 Å². The molecule has 14 heavy (non-hydrogen) atoms. The Morgan fingerprint density at radius 1 is 1.43 bits per heavy atom. The maximum atomic E-state index is 8.46. The Labute approximate surface area is 83.9 Å². The number of aromatic nitrogens is 1. The number of aliphatic hydroxyl groups excluding tert-OH is 1. The molecule has 0 atom stereocenters. The van der Waals surface area contributed by atoms with Crippen LogP contribution in [0.25, 0.3) is 0 Å². The Kier molecular flexibility index (Phi) is 4.96. The first-order valence-corrected chi connectivity index (χ1v) is 4.69. The van der Waals surface area contributed by atoms with E-state index >= 15 is 0 Å². The van der Waals surface area contributed by atoms with E-state index in [0.29, 0.717) is 19.8 Å². The van der Waals surface area contributed by atoms with Crippen LogP contribution in [0.5, 0.6) is 0 Å². The normalized spacial score (nSPS) is 10.1. The summed E-state index contributed by atoms with van der Waals surface area (Å²) in [7, 11) is 0. The third kappa shape index (κ3) is 4.20. The van der Waals surface area contributed by atoms with E-state index in [4.69, 9.17) is 9.84 Å². The van der Waals surface area contributed by atoms with Crippen LogP contribution in [-0.4, -0.2) is 36.5 Å². The van der Waals surface area contributed by atoms with Gasteiger partial charge in [0.25, 0.3) is 0 Å². The zero-order valence-electron chi connectivity index (χ0n) is 8.36. The molecule has 0 spiro atoms. The first kappa shape index (κ1) is 10.9. The standard InChI is InChI=1S/C10H16N2O2/c1-9-3-2-4-10(12-9)11-5-7-14-8-6-13/h2-4,13H,5-8H2,1H3,(H,11,12).